The average molecular weight is 245 g/mol. The van der Waals surface area contributed by atoms with Crippen LogP contribution in [0, 0.1) is 23.3 Å². The molecule has 0 radical (unpaired) electrons. The van der Waals surface area contributed by atoms with E-state index in [1.807, 2.05) is 0 Å². The van der Waals surface area contributed by atoms with Gasteiger partial charge in [-0.2, -0.15) is 5.10 Å². The van der Waals surface area contributed by atoms with Crippen LogP contribution >= 0.6 is 0 Å². The third-order valence-electron chi connectivity index (χ3n) is 2.13. The van der Waals surface area contributed by atoms with E-state index in [1.54, 1.807) is 6.07 Å². The van der Waals surface area contributed by atoms with E-state index in [9.17, 15) is 17.6 Å². The molecular weight excluding hydrogens is 238 g/mol. The van der Waals surface area contributed by atoms with Crippen molar-refractivity contribution >= 4 is 5.69 Å². The Balaban J connectivity index is 2.26. The summed E-state index contributed by atoms with van der Waals surface area (Å²) in [5.74, 6) is -5.81. The van der Waals surface area contributed by atoms with Crippen LogP contribution in [-0.4, -0.2) is 10.2 Å². The SMILES string of the molecule is Fc1cc(F)c(F)c(NCc2ccn[nH]2)c1F. The van der Waals surface area contributed by atoms with Crippen molar-refractivity contribution in [2.45, 2.75) is 6.54 Å². The van der Waals surface area contributed by atoms with E-state index < -0.39 is 29.0 Å². The molecule has 0 amide bonds. The molecule has 0 fully saturated rings. The number of hydrogen-bond acceptors (Lipinski definition) is 2. The van der Waals surface area contributed by atoms with Crippen LogP contribution in [0.15, 0.2) is 18.3 Å². The summed E-state index contributed by atoms with van der Waals surface area (Å²) in [7, 11) is 0. The number of rotatable bonds is 3. The smallest absolute Gasteiger partial charge is 0.185 e. The Kier molecular flexibility index (Phi) is 2.99. The zero-order valence-electron chi connectivity index (χ0n) is 8.40. The fourth-order valence-electron chi connectivity index (χ4n) is 1.30. The Bertz CT molecular complexity index is 499. The molecular formula is C10H7F4N3. The lowest BCUT2D eigenvalue weighted by Gasteiger charge is -2.08. The number of aromatic amines is 1. The number of anilines is 1. The summed E-state index contributed by atoms with van der Waals surface area (Å²) in [6, 6.07) is 1.71. The number of halogens is 4. The summed E-state index contributed by atoms with van der Waals surface area (Å²) in [6.45, 7) is -0.0310. The van der Waals surface area contributed by atoms with Crippen LogP contribution in [0.3, 0.4) is 0 Å². The van der Waals surface area contributed by atoms with Crippen LogP contribution < -0.4 is 5.32 Å². The van der Waals surface area contributed by atoms with E-state index in [-0.39, 0.29) is 12.6 Å². The monoisotopic (exact) mass is 245 g/mol. The molecule has 90 valence electrons. The largest absolute Gasteiger partial charge is 0.374 e. The van der Waals surface area contributed by atoms with Crippen molar-refractivity contribution in [2.75, 3.05) is 5.32 Å². The van der Waals surface area contributed by atoms with E-state index in [0.29, 0.717) is 5.69 Å². The van der Waals surface area contributed by atoms with Crippen LogP contribution in [-0.2, 0) is 6.54 Å². The van der Waals surface area contributed by atoms with Gasteiger partial charge >= 0.3 is 0 Å². The molecule has 2 aromatic rings. The molecule has 7 heteroatoms. The number of H-pyrrole nitrogens is 1. The van der Waals surface area contributed by atoms with Crippen LogP contribution in [0.1, 0.15) is 5.69 Å². The van der Waals surface area contributed by atoms with Gasteiger partial charge in [-0.15, -0.1) is 0 Å². The lowest BCUT2D eigenvalue weighted by molar-refractivity contribution is 0.458. The number of nitrogens with one attached hydrogen (secondary N) is 2. The minimum Gasteiger partial charge on any atom is -0.374 e. The van der Waals surface area contributed by atoms with Gasteiger partial charge in [0.15, 0.2) is 23.3 Å². The highest BCUT2D eigenvalue weighted by Crippen LogP contribution is 2.24. The summed E-state index contributed by atoms with van der Waals surface area (Å²) in [5.41, 5.74) is -0.314. The fraction of sp³-hybridized carbons (Fsp3) is 0.100. The fourth-order valence-corrected chi connectivity index (χ4v) is 1.30. The summed E-state index contributed by atoms with van der Waals surface area (Å²) in [5, 5.41) is 8.41. The van der Waals surface area contributed by atoms with Crippen LogP contribution in [0.4, 0.5) is 23.2 Å². The molecule has 0 aliphatic heterocycles. The Morgan fingerprint density at radius 2 is 1.76 bits per heavy atom. The highest BCUT2D eigenvalue weighted by atomic mass is 19.2. The maximum atomic E-state index is 13.2. The zero-order chi connectivity index (χ0) is 12.4. The maximum absolute atomic E-state index is 13.2. The van der Waals surface area contributed by atoms with Gasteiger partial charge in [0.2, 0.25) is 0 Å². The van der Waals surface area contributed by atoms with Crippen LogP contribution in [0.2, 0.25) is 0 Å². The van der Waals surface area contributed by atoms with Gasteiger partial charge in [-0.05, 0) is 6.07 Å². The highest BCUT2D eigenvalue weighted by Gasteiger charge is 2.18. The molecule has 2 N–H and O–H groups in total. The first-order valence-corrected chi connectivity index (χ1v) is 4.64. The number of nitrogens with zero attached hydrogens (tertiary/aromatic N) is 1. The Hall–Kier alpha value is -2.05. The Morgan fingerprint density at radius 1 is 1.12 bits per heavy atom. The van der Waals surface area contributed by atoms with Crippen LogP contribution in [0.5, 0.6) is 0 Å². The van der Waals surface area contributed by atoms with E-state index in [0.717, 1.165) is 0 Å². The van der Waals surface area contributed by atoms with Crippen molar-refractivity contribution in [1.29, 1.82) is 0 Å². The molecule has 0 bridgehead atoms. The molecule has 0 saturated heterocycles. The third-order valence-corrected chi connectivity index (χ3v) is 2.13. The van der Waals surface area contributed by atoms with Crippen molar-refractivity contribution in [3.63, 3.8) is 0 Å². The number of benzene rings is 1. The second-order valence-corrected chi connectivity index (χ2v) is 3.28. The summed E-state index contributed by atoms with van der Waals surface area (Å²) in [6.07, 6.45) is 1.44. The second-order valence-electron chi connectivity index (χ2n) is 3.28. The van der Waals surface area contributed by atoms with Crippen molar-refractivity contribution in [3.05, 3.63) is 47.3 Å². The van der Waals surface area contributed by atoms with E-state index >= 15 is 0 Å². The molecule has 0 spiro atoms. The summed E-state index contributed by atoms with van der Waals surface area (Å²) < 4.78 is 52.1. The molecule has 0 atom stereocenters. The van der Waals surface area contributed by atoms with Gasteiger partial charge in [-0.25, -0.2) is 17.6 Å². The van der Waals surface area contributed by atoms with E-state index in [2.05, 4.69) is 15.5 Å². The van der Waals surface area contributed by atoms with Gasteiger partial charge in [0, 0.05) is 12.3 Å². The molecule has 1 heterocycles. The quantitative estimate of drug-likeness (QED) is 0.644. The first-order valence-electron chi connectivity index (χ1n) is 4.64. The Morgan fingerprint density at radius 3 is 2.29 bits per heavy atom. The molecule has 0 aliphatic rings. The third kappa shape index (κ3) is 2.22. The van der Waals surface area contributed by atoms with Crippen LogP contribution in [0.25, 0.3) is 0 Å². The van der Waals surface area contributed by atoms with Gasteiger partial charge in [-0.1, -0.05) is 0 Å². The van der Waals surface area contributed by atoms with Gasteiger partial charge in [-0.3, -0.25) is 5.10 Å². The summed E-state index contributed by atoms with van der Waals surface area (Å²) in [4.78, 5) is 0. The molecule has 0 saturated carbocycles. The van der Waals surface area contributed by atoms with Crippen molar-refractivity contribution in [3.8, 4) is 0 Å². The first kappa shape index (κ1) is 11.4. The second kappa shape index (κ2) is 4.44. The maximum Gasteiger partial charge on any atom is 0.185 e. The molecule has 1 aromatic carbocycles. The highest BCUT2D eigenvalue weighted by molar-refractivity contribution is 5.47. The Labute approximate surface area is 93.5 Å². The van der Waals surface area contributed by atoms with Crippen molar-refractivity contribution in [1.82, 2.24) is 10.2 Å². The van der Waals surface area contributed by atoms with Gasteiger partial charge in [0.1, 0.15) is 5.69 Å². The van der Waals surface area contributed by atoms with Gasteiger partial charge in [0.25, 0.3) is 0 Å². The molecule has 0 aliphatic carbocycles. The van der Waals surface area contributed by atoms with E-state index in [4.69, 9.17) is 0 Å². The molecule has 2 rings (SSSR count). The normalized spacial score (nSPS) is 10.6. The van der Waals surface area contributed by atoms with E-state index in [1.165, 1.54) is 6.20 Å². The molecule has 1 aromatic heterocycles. The molecule has 17 heavy (non-hydrogen) atoms. The average Bonchev–Trinajstić information content (AvgIpc) is 2.79. The predicted molar refractivity (Wildman–Crippen MR) is 52.2 cm³/mol. The zero-order valence-corrected chi connectivity index (χ0v) is 8.40. The first-order chi connectivity index (χ1) is 8.09. The standard InChI is InChI=1S/C10H7F4N3/c11-6-3-7(12)9(14)10(8(6)13)15-4-5-1-2-16-17-5/h1-3,15H,4H2,(H,16,17). The molecule has 0 unspecified atom stereocenters. The lowest BCUT2D eigenvalue weighted by Crippen LogP contribution is -2.07. The molecule has 3 nitrogen and oxygen atoms in total. The van der Waals surface area contributed by atoms with Gasteiger partial charge in [0.05, 0.1) is 12.2 Å². The topological polar surface area (TPSA) is 40.7 Å². The minimum atomic E-state index is -1.46. The number of aromatic nitrogens is 2. The minimum absolute atomic E-state index is 0.0310. The lowest BCUT2D eigenvalue weighted by atomic mass is 10.2. The van der Waals surface area contributed by atoms with Gasteiger partial charge < -0.3 is 5.32 Å². The van der Waals surface area contributed by atoms with Crippen molar-refractivity contribution in [2.24, 2.45) is 0 Å². The number of hydrogen-bond donors (Lipinski definition) is 2. The van der Waals surface area contributed by atoms with Crippen molar-refractivity contribution < 1.29 is 17.6 Å². The summed E-state index contributed by atoms with van der Waals surface area (Å²) >= 11 is 0. The predicted octanol–water partition coefficient (Wildman–Crippen LogP) is 2.58.